The number of hydrogen-bond donors (Lipinski definition) is 2. The third-order valence-electron chi connectivity index (χ3n) is 4.37. The van der Waals surface area contributed by atoms with Crippen molar-refractivity contribution in [2.75, 3.05) is 26.3 Å². The Morgan fingerprint density at radius 2 is 1.90 bits per heavy atom. The first-order valence-corrected chi connectivity index (χ1v) is 11.7. The SMILES string of the molecule is C[C@H](Oc1ccccc1F)C(=O)NNC(=O)Cc1ccc(S(=O)(=O)N2CCOCC2)s1. The van der Waals surface area contributed by atoms with E-state index in [1.807, 2.05) is 0 Å². The van der Waals surface area contributed by atoms with Crippen LogP contribution in [0.25, 0.3) is 0 Å². The van der Waals surface area contributed by atoms with E-state index >= 15 is 0 Å². The number of hydrazine groups is 1. The topological polar surface area (TPSA) is 114 Å². The van der Waals surface area contributed by atoms with Gasteiger partial charge in [0.15, 0.2) is 17.7 Å². The molecule has 12 heteroatoms. The van der Waals surface area contributed by atoms with Crippen LogP contribution >= 0.6 is 11.3 Å². The van der Waals surface area contributed by atoms with Gasteiger partial charge in [0, 0.05) is 18.0 Å². The maximum atomic E-state index is 13.6. The monoisotopic (exact) mass is 471 g/mol. The van der Waals surface area contributed by atoms with Crippen molar-refractivity contribution < 1.29 is 31.9 Å². The summed E-state index contributed by atoms with van der Waals surface area (Å²) in [6.07, 6.45) is -1.17. The van der Waals surface area contributed by atoms with E-state index in [0.717, 1.165) is 11.3 Å². The number of amides is 2. The average molecular weight is 472 g/mol. The van der Waals surface area contributed by atoms with Crippen LogP contribution in [0.1, 0.15) is 11.8 Å². The van der Waals surface area contributed by atoms with E-state index in [9.17, 15) is 22.4 Å². The van der Waals surface area contributed by atoms with Crippen LogP contribution in [0.15, 0.2) is 40.6 Å². The number of morpholine rings is 1. The Bertz CT molecular complexity index is 1040. The summed E-state index contributed by atoms with van der Waals surface area (Å²) in [4.78, 5) is 24.7. The van der Waals surface area contributed by atoms with Gasteiger partial charge < -0.3 is 9.47 Å². The van der Waals surface area contributed by atoms with Crippen molar-refractivity contribution in [1.82, 2.24) is 15.2 Å². The largest absolute Gasteiger partial charge is 0.478 e. The predicted molar refractivity (Wildman–Crippen MR) is 110 cm³/mol. The molecule has 1 aliphatic heterocycles. The summed E-state index contributed by atoms with van der Waals surface area (Å²) in [6, 6.07) is 8.67. The summed E-state index contributed by atoms with van der Waals surface area (Å²) in [7, 11) is -3.62. The van der Waals surface area contributed by atoms with Gasteiger partial charge in [-0.25, -0.2) is 12.8 Å². The Morgan fingerprint density at radius 3 is 2.61 bits per heavy atom. The van der Waals surface area contributed by atoms with Crippen LogP contribution in [0.2, 0.25) is 0 Å². The Balaban J connectivity index is 1.50. The molecule has 2 amide bonds. The second-order valence-electron chi connectivity index (χ2n) is 6.64. The van der Waals surface area contributed by atoms with Crippen molar-refractivity contribution in [2.45, 2.75) is 23.7 Å². The molecule has 0 spiro atoms. The van der Waals surface area contributed by atoms with Crippen molar-refractivity contribution in [3.63, 3.8) is 0 Å². The summed E-state index contributed by atoms with van der Waals surface area (Å²) in [6.45, 7) is 2.68. The molecule has 31 heavy (non-hydrogen) atoms. The summed E-state index contributed by atoms with van der Waals surface area (Å²) in [5, 5.41) is 0. The van der Waals surface area contributed by atoms with Crippen LogP contribution in [0.4, 0.5) is 4.39 Å². The van der Waals surface area contributed by atoms with Crippen LogP contribution in [0, 0.1) is 5.82 Å². The van der Waals surface area contributed by atoms with Crippen LogP contribution in [0.3, 0.4) is 0 Å². The zero-order valence-electron chi connectivity index (χ0n) is 16.7. The first-order valence-electron chi connectivity index (χ1n) is 9.44. The molecule has 168 valence electrons. The van der Waals surface area contributed by atoms with Gasteiger partial charge in [-0.2, -0.15) is 4.31 Å². The summed E-state index contributed by atoms with van der Waals surface area (Å²) < 4.78 is 50.8. The van der Waals surface area contributed by atoms with Crippen molar-refractivity contribution >= 4 is 33.2 Å². The molecule has 1 atom stereocenters. The molecule has 2 heterocycles. The fourth-order valence-corrected chi connectivity index (χ4v) is 5.64. The molecule has 2 aromatic rings. The number of thiophene rings is 1. The molecule has 1 saturated heterocycles. The molecule has 0 bridgehead atoms. The highest BCUT2D eigenvalue weighted by Gasteiger charge is 2.28. The maximum absolute atomic E-state index is 13.6. The van der Waals surface area contributed by atoms with Crippen LogP contribution in [0.5, 0.6) is 5.75 Å². The lowest BCUT2D eigenvalue weighted by Gasteiger charge is -2.25. The van der Waals surface area contributed by atoms with E-state index in [0.29, 0.717) is 18.1 Å². The normalized spacial score (nSPS) is 15.8. The van der Waals surface area contributed by atoms with Crippen molar-refractivity contribution in [3.05, 3.63) is 47.1 Å². The zero-order chi connectivity index (χ0) is 22.4. The summed E-state index contributed by atoms with van der Waals surface area (Å²) in [5.41, 5.74) is 4.45. The van der Waals surface area contributed by atoms with Crippen molar-refractivity contribution in [3.8, 4) is 5.75 Å². The smallest absolute Gasteiger partial charge is 0.279 e. The minimum Gasteiger partial charge on any atom is -0.478 e. The lowest BCUT2D eigenvalue weighted by Crippen LogP contribution is -2.47. The van der Waals surface area contributed by atoms with Gasteiger partial charge in [0.05, 0.1) is 19.6 Å². The fourth-order valence-electron chi connectivity index (χ4n) is 2.73. The Kier molecular flexibility index (Phi) is 7.59. The molecule has 0 radical (unpaired) electrons. The van der Waals surface area contributed by atoms with Gasteiger partial charge in [0.2, 0.25) is 5.91 Å². The molecule has 0 unspecified atom stereocenters. The minimum atomic E-state index is -3.62. The number of rotatable bonds is 7. The Labute approximate surface area is 183 Å². The number of hydrogen-bond acceptors (Lipinski definition) is 7. The lowest BCUT2D eigenvalue weighted by atomic mass is 10.3. The number of nitrogens with one attached hydrogen (secondary N) is 2. The standard InChI is InChI=1S/C19H22FN3O6S2/c1-13(29-16-5-3-2-4-15(16)20)19(25)22-21-17(24)12-14-6-7-18(30-14)31(26,27)23-8-10-28-11-9-23/h2-7,13H,8-12H2,1H3,(H,21,24)(H,22,25)/t13-/m0/s1. The number of ether oxygens (including phenoxy) is 2. The quantitative estimate of drug-likeness (QED) is 0.584. The molecule has 9 nitrogen and oxygen atoms in total. The number of halogens is 1. The molecule has 1 aliphatic rings. The molecule has 2 N–H and O–H groups in total. The second kappa shape index (κ2) is 10.2. The first-order chi connectivity index (χ1) is 14.8. The fraction of sp³-hybridized carbons (Fsp3) is 0.368. The van der Waals surface area contributed by atoms with Gasteiger partial charge >= 0.3 is 0 Å². The van der Waals surface area contributed by atoms with Gasteiger partial charge in [-0.15, -0.1) is 11.3 Å². The van der Waals surface area contributed by atoms with E-state index in [1.54, 1.807) is 12.1 Å². The highest BCUT2D eigenvalue weighted by atomic mass is 32.2. The lowest BCUT2D eigenvalue weighted by molar-refractivity contribution is -0.132. The second-order valence-corrected chi connectivity index (χ2v) is 9.98. The average Bonchev–Trinajstić information content (AvgIpc) is 3.23. The van der Waals surface area contributed by atoms with Gasteiger partial charge in [-0.1, -0.05) is 12.1 Å². The number of sulfonamides is 1. The van der Waals surface area contributed by atoms with E-state index in [1.165, 1.54) is 35.5 Å². The molecule has 0 saturated carbocycles. The van der Waals surface area contributed by atoms with Gasteiger partial charge in [-0.3, -0.25) is 20.4 Å². The van der Waals surface area contributed by atoms with E-state index in [-0.39, 0.29) is 29.5 Å². The minimum absolute atomic E-state index is 0.0796. The van der Waals surface area contributed by atoms with Crippen molar-refractivity contribution in [2.24, 2.45) is 0 Å². The van der Waals surface area contributed by atoms with Gasteiger partial charge in [0.1, 0.15) is 4.21 Å². The number of benzene rings is 1. The van der Waals surface area contributed by atoms with Gasteiger partial charge in [-0.05, 0) is 31.2 Å². The van der Waals surface area contributed by atoms with Crippen molar-refractivity contribution in [1.29, 1.82) is 0 Å². The third-order valence-corrected chi connectivity index (χ3v) is 7.82. The number of carbonyl (C=O) groups excluding carboxylic acids is 2. The highest BCUT2D eigenvalue weighted by Crippen LogP contribution is 2.26. The summed E-state index contributed by atoms with van der Waals surface area (Å²) >= 11 is 0.995. The predicted octanol–water partition coefficient (Wildman–Crippen LogP) is 1.07. The number of carbonyl (C=O) groups is 2. The molecular weight excluding hydrogens is 449 g/mol. The zero-order valence-corrected chi connectivity index (χ0v) is 18.3. The van der Waals surface area contributed by atoms with Crippen LogP contribution < -0.4 is 15.6 Å². The first kappa shape index (κ1) is 23.1. The van der Waals surface area contributed by atoms with Crippen LogP contribution in [-0.4, -0.2) is 56.9 Å². The van der Waals surface area contributed by atoms with Gasteiger partial charge in [0.25, 0.3) is 15.9 Å². The molecule has 1 fully saturated rings. The molecule has 1 aromatic carbocycles. The maximum Gasteiger partial charge on any atom is 0.279 e. The Hall–Kier alpha value is -2.54. The number of nitrogens with zero attached hydrogens (tertiary/aromatic N) is 1. The Morgan fingerprint density at radius 1 is 1.19 bits per heavy atom. The van der Waals surface area contributed by atoms with E-state index in [2.05, 4.69) is 10.9 Å². The van der Waals surface area contributed by atoms with Crippen LogP contribution in [-0.2, 0) is 30.8 Å². The molecular formula is C19H22FN3O6S2. The third kappa shape index (κ3) is 6.00. The number of para-hydroxylation sites is 1. The highest BCUT2D eigenvalue weighted by molar-refractivity contribution is 7.91. The molecule has 3 rings (SSSR count). The molecule has 1 aromatic heterocycles. The molecule has 0 aliphatic carbocycles. The van der Waals surface area contributed by atoms with E-state index in [4.69, 9.17) is 9.47 Å². The van der Waals surface area contributed by atoms with E-state index < -0.39 is 33.8 Å². The summed E-state index contributed by atoms with van der Waals surface area (Å²) in [5.74, 6) is -1.89.